The molecular formula is C24H27N3O5S. The molecule has 1 saturated heterocycles. The van der Waals surface area contributed by atoms with Crippen molar-refractivity contribution in [2.24, 2.45) is 0 Å². The molecule has 4 rings (SSSR count). The van der Waals surface area contributed by atoms with Crippen molar-refractivity contribution in [3.8, 4) is 11.4 Å². The highest BCUT2D eigenvalue weighted by molar-refractivity contribution is 7.89. The quantitative estimate of drug-likeness (QED) is 0.572. The second kappa shape index (κ2) is 9.78. The Morgan fingerprint density at radius 3 is 2.52 bits per heavy atom. The standard InChI is InChI=1S/C24H27N3O5S/c1-3-32-22-9-8-20(17-23(22)33(29,30)27-12-14-31-15-13-27)25-24(28)19-7-6-18(2)21(16-19)26-10-4-5-11-26/h4-11,16-17H,3,12-15H2,1-2H3,(H,25,28). The van der Waals surface area contributed by atoms with Gasteiger partial charge in [0, 0.05) is 42.4 Å². The highest BCUT2D eigenvalue weighted by atomic mass is 32.2. The monoisotopic (exact) mass is 469 g/mol. The van der Waals surface area contributed by atoms with Gasteiger partial charge in [0.2, 0.25) is 10.0 Å². The van der Waals surface area contributed by atoms with Crippen LogP contribution in [0.25, 0.3) is 5.69 Å². The number of amides is 1. The van der Waals surface area contributed by atoms with Crippen molar-refractivity contribution in [1.29, 1.82) is 0 Å². The third-order valence-electron chi connectivity index (χ3n) is 5.44. The average molecular weight is 470 g/mol. The Labute approximate surface area is 193 Å². The normalized spacial score (nSPS) is 14.7. The molecule has 1 aromatic heterocycles. The molecule has 1 aliphatic heterocycles. The first kappa shape index (κ1) is 23.0. The maximum absolute atomic E-state index is 13.3. The molecule has 0 spiro atoms. The van der Waals surface area contributed by atoms with Gasteiger partial charge < -0.3 is 19.4 Å². The zero-order valence-corrected chi connectivity index (χ0v) is 19.5. The zero-order valence-electron chi connectivity index (χ0n) is 18.7. The van der Waals surface area contributed by atoms with Crippen LogP contribution in [0.2, 0.25) is 0 Å². The van der Waals surface area contributed by atoms with E-state index in [1.165, 1.54) is 10.4 Å². The number of hydrogen-bond donors (Lipinski definition) is 1. The molecule has 174 valence electrons. The van der Waals surface area contributed by atoms with E-state index in [1.807, 2.05) is 48.1 Å². The van der Waals surface area contributed by atoms with Gasteiger partial charge in [-0.05, 0) is 61.9 Å². The number of nitrogens with one attached hydrogen (secondary N) is 1. The van der Waals surface area contributed by atoms with Crippen LogP contribution in [0.5, 0.6) is 5.75 Å². The van der Waals surface area contributed by atoms with Gasteiger partial charge in [0.15, 0.2) is 0 Å². The molecule has 3 aromatic rings. The van der Waals surface area contributed by atoms with E-state index in [2.05, 4.69) is 5.32 Å². The molecule has 2 heterocycles. The van der Waals surface area contributed by atoms with Crippen LogP contribution < -0.4 is 10.1 Å². The zero-order chi connectivity index (χ0) is 23.4. The Hall–Kier alpha value is -3.14. The van der Waals surface area contributed by atoms with Crippen molar-refractivity contribution >= 4 is 21.6 Å². The maximum Gasteiger partial charge on any atom is 0.255 e. The van der Waals surface area contributed by atoms with Crippen LogP contribution >= 0.6 is 0 Å². The van der Waals surface area contributed by atoms with E-state index in [9.17, 15) is 13.2 Å². The van der Waals surface area contributed by atoms with Gasteiger partial charge in [-0.2, -0.15) is 4.31 Å². The number of nitrogens with zero attached hydrogens (tertiary/aromatic N) is 2. The van der Waals surface area contributed by atoms with Crippen LogP contribution in [0.15, 0.2) is 65.8 Å². The molecule has 0 bridgehead atoms. The van der Waals surface area contributed by atoms with E-state index in [-0.39, 0.29) is 29.6 Å². The van der Waals surface area contributed by atoms with Crippen molar-refractivity contribution in [2.45, 2.75) is 18.7 Å². The van der Waals surface area contributed by atoms with Gasteiger partial charge in [0.1, 0.15) is 10.6 Å². The van der Waals surface area contributed by atoms with Crippen LogP contribution in [0.1, 0.15) is 22.8 Å². The Bertz CT molecular complexity index is 1230. The van der Waals surface area contributed by atoms with Crippen LogP contribution in [-0.4, -0.2) is 56.1 Å². The largest absolute Gasteiger partial charge is 0.492 e. The number of sulfonamides is 1. The summed E-state index contributed by atoms with van der Waals surface area (Å²) >= 11 is 0. The van der Waals surface area contributed by atoms with Gasteiger partial charge in [-0.1, -0.05) is 6.07 Å². The number of rotatable bonds is 7. The van der Waals surface area contributed by atoms with Crippen molar-refractivity contribution in [3.05, 3.63) is 72.1 Å². The Balaban J connectivity index is 1.63. The van der Waals surface area contributed by atoms with Gasteiger partial charge in [0.05, 0.1) is 19.8 Å². The SMILES string of the molecule is CCOc1ccc(NC(=O)c2ccc(C)c(-n3cccc3)c2)cc1S(=O)(=O)N1CCOCC1. The number of morpholine rings is 1. The van der Waals surface area contributed by atoms with E-state index >= 15 is 0 Å². The summed E-state index contributed by atoms with van der Waals surface area (Å²) in [5.41, 5.74) is 2.77. The lowest BCUT2D eigenvalue weighted by Crippen LogP contribution is -2.40. The van der Waals surface area contributed by atoms with Gasteiger partial charge >= 0.3 is 0 Å². The molecule has 1 N–H and O–H groups in total. The second-order valence-corrected chi connectivity index (χ2v) is 9.56. The minimum Gasteiger partial charge on any atom is -0.492 e. The summed E-state index contributed by atoms with van der Waals surface area (Å²) in [5, 5.41) is 2.82. The van der Waals surface area contributed by atoms with Gasteiger partial charge in [-0.15, -0.1) is 0 Å². The van der Waals surface area contributed by atoms with Crippen molar-refractivity contribution in [3.63, 3.8) is 0 Å². The molecule has 8 nitrogen and oxygen atoms in total. The predicted molar refractivity (Wildman–Crippen MR) is 126 cm³/mol. The van der Waals surface area contributed by atoms with E-state index in [0.29, 0.717) is 31.1 Å². The highest BCUT2D eigenvalue weighted by Gasteiger charge is 2.30. The van der Waals surface area contributed by atoms with Crippen LogP contribution in [-0.2, 0) is 14.8 Å². The summed E-state index contributed by atoms with van der Waals surface area (Å²) in [6, 6.07) is 14.0. The molecule has 2 aromatic carbocycles. The fourth-order valence-corrected chi connectivity index (χ4v) is 5.28. The van der Waals surface area contributed by atoms with Crippen molar-refractivity contribution in [2.75, 3.05) is 38.2 Å². The minimum absolute atomic E-state index is 0.0287. The Morgan fingerprint density at radius 2 is 1.82 bits per heavy atom. The van der Waals surface area contributed by atoms with E-state index in [0.717, 1.165) is 11.3 Å². The summed E-state index contributed by atoms with van der Waals surface area (Å²) in [6.45, 7) is 5.33. The van der Waals surface area contributed by atoms with E-state index in [1.54, 1.807) is 25.1 Å². The summed E-state index contributed by atoms with van der Waals surface area (Å²) in [6.07, 6.45) is 3.83. The van der Waals surface area contributed by atoms with Crippen LogP contribution in [0.3, 0.4) is 0 Å². The summed E-state index contributed by atoms with van der Waals surface area (Å²) in [5.74, 6) is -0.0745. The highest BCUT2D eigenvalue weighted by Crippen LogP contribution is 2.31. The van der Waals surface area contributed by atoms with Gasteiger partial charge in [-0.3, -0.25) is 4.79 Å². The van der Waals surface area contributed by atoms with Crippen LogP contribution in [0.4, 0.5) is 5.69 Å². The fraction of sp³-hybridized carbons (Fsp3) is 0.292. The third kappa shape index (κ3) is 4.95. The molecule has 1 amide bonds. The fourth-order valence-electron chi connectivity index (χ4n) is 3.72. The smallest absolute Gasteiger partial charge is 0.255 e. The van der Waals surface area contributed by atoms with Gasteiger partial charge in [0.25, 0.3) is 5.91 Å². The number of anilines is 1. The molecular weight excluding hydrogens is 442 g/mol. The summed E-state index contributed by atoms with van der Waals surface area (Å²) in [4.78, 5) is 13.0. The van der Waals surface area contributed by atoms with Crippen molar-refractivity contribution < 1.29 is 22.7 Å². The minimum atomic E-state index is -3.81. The van der Waals surface area contributed by atoms with Crippen LogP contribution in [0, 0.1) is 6.92 Å². The molecule has 0 unspecified atom stereocenters. The lowest BCUT2D eigenvalue weighted by molar-refractivity contribution is 0.0729. The first-order chi connectivity index (χ1) is 15.9. The Kier molecular flexibility index (Phi) is 6.83. The molecule has 1 aliphatic rings. The lowest BCUT2D eigenvalue weighted by atomic mass is 10.1. The number of carbonyl (C=O) groups is 1. The predicted octanol–water partition coefficient (Wildman–Crippen LogP) is 3.46. The molecule has 1 fully saturated rings. The number of aromatic nitrogens is 1. The number of carbonyl (C=O) groups excluding carboxylic acids is 1. The third-order valence-corrected chi connectivity index (χ3v) is 7.36. The molecule has 0 radical (unpaired) electrons. The van der Waals surface area contributed by atoms with Gasteiger partial charge in [-0.25, -0.2) is 8.42 Å². The number of benzene rings is 2. The molecule has 9 heteroatoms. The number of ether oxygens (including phenoxy) is 2. The average Bonchev–Trinajstić information content (AvgIpc) is 3.36. The second-order valence-electron chi connectivity index (χ2n) is 7.66. The first-order valence-electron chi connectivity index (χ1n) is 10.8. The molecule has 0 saturated carbocycles. The first-order valence-corrected chi connectivity index (χ1v) is 12.2. The molecule has 0 aliphatic carbocycles. The summed E-state index contributed by atoms with van der Waals surface area (Å²) < 4.78 is 40.7. The molecule has 0 atom stereocenters. The Morgan fingerprint density at radius 1 is 1.09 bits per heavy atom. The van der Waals surface area contributed by atoms with E-state index in [4.69, 9.17) is 9.47 Å². The molecule has 33 heavy (non-hydrogen) atoms. The van der Waals surface area contributed by atoms with E-state index < -0.39 is 10.0 Å². The van der Waals surface area contributed by atoms with Crippen molar-refractivity contribution in [1.82, 2.24) is 8.87 Å². The summed E-state index contributed by atoms with van der Waals surface area (Å²) in [7, 11) is -3.81. The maximum atomic E-state index is 13.3. The number of aryl methyl sites for hydroxylation is 1. The number of hydrogen-bond acceptors (Lipinski definition) is 5. The topological polar surface area (TPSA) is 89.9 Å². The lowest BCUT2D eigenvalue weighted by Gasteiger charge is -2.27.